The third kappa shape index (κ3) is 3.59. The summed E-state index contributed by atoms with van der Waals surface area (Å²) in [7, 11) is 0. The van der Waals surface area contributed by atoms with Crippen LogP contribution in [0.5, 0.6) is 0 Å². The second-order valence-electron chi connectivity index (χ2n) is 5.73. The maximum Gasteiger partial charge on any atom is 0.0824 e. The van der Waals surface area contributed by atoms with Crippen molar-refractivity contribution in [3.8, 4) is 0 Å². The molecular weight excluding hydrogens is 252 g/mol. The first-order valence-corrected chi connectivity index (χ1v) is 7.77. The van der Waals surface area contributed by atoms with Crippen LogP contribution in [0.2, 0.25) is 0 Å². The molecule has 1 aliphatic heterocycles. The van der Waals surface area contributed by atoms with E-state index in [0.717, 1.165) is 38.2 Å². The zero-order valence-corrected chi connectivity index (χ0v) is 13.0. The van der Waals surface area contributed by atoms with Gasteiger partial charge in [-0.25, -0.2) is 0 Å². The highest BCUT2D eigenvalue weighted by molar-refractivity contribution is 5.01. The van der Waals surface area contributed by atoms with E-state index in [9.17, 15) is 0 Å². The highest BCUT2D eigenvalue weighted by Gasteiger charge is 2.25. The summed E-state index contributed by atoms with van der Waals surface area (Å²) < 4.78 is 7.81. The second kappa shape index (κ2) is 7.20. The van der Waals surface area contributed by atoms with E-state index >= 15 is 0 Å². The van der Waals surface area contributed by atoms with Gasteiger partial charge in [-0.15, -0.1) is 0 Å². The topological polar surface area (TPSA) is 56.3 Å². The van der Waals surface area contributed by atoms with Crippen LogP contribution >= 0.6 is 0 Å². The molecule has 1 saturated heterocycles. The molecule has 0 aromatic carbocycles. The Labute approximate surface area is 122 Å². The Bertz CT molecular complexity index is 402. The monoisotopic (exact) mass is 280 g/mol. The van der Waals surface area contributed by atoms with Crippen molar-refractivity contribution in [3.05, 3.63) is 18.0 Å². The molecule has 0 saturated carbocycles. The van der Waals surface area contributed by atoms with Crippen LogP contribution in [-0.2, 0) is 11.3 Å². The molecule has 1 aromatic rings. The molecule has 2 unspecified atom stereocenters. The predicted octanol–water partition coefficient (Wildman–Crippen LogP) is 1.79. The minimum absolute atomic E-state index is 0.160. The number of ether oxygens (including phenoxy) is 1. The number of nitrogens with two attached hydrogens (primary N) is 1. The first kappa shape index (κ1) is 15.5. The number of rotatable bonds is 6. The summed E-state index contributed by atoms with van der Waals surface area (Å²) in [5.41, 5.74) is 6.85. The van der Waals surface area contributed by atoms with Gasteiger partial charge in [-0.3, -0.25) is 9.58 Å². The molecule has 0 bridgehead atoms. The van der Waals surface area contributed by atoms with E-state index in [1.54, 1.807) is 0 Å². The van der Waals surface area contributed by atoms with Crippen molar-refractivity contribution in [1.82, 2.24) is 14.7 Å². The van der Waals surface area contributed by atoms with Crippen LogP contribution in [0, 0.1) is 0 Å². The third-order valence-corrected chi connectivity index (χ3v) is 4.24. The van der Waals surface area contributed by atoms with Gasteiger partial charge in [0.1, 0.15) is 0 Å². The van der Waals surface area contributed by atoms with Crippen LogP contribution in [0.4, 0.5) is 0 Å². The standard InChI is InChI=1S/C15H28N4O/c1-4-14(5-2)19-7-6-13(17-19)9-18-10-15(8-16)20-11-12(18)3/h6-7,12,14-15H,4-5,8-11,16H2,1-3H3. The average Bonchev–Trinajstić information content (AvgIpc) is 2.91. The molecule has 1 aromatic heterocycles. The summed E-state index contributed by atoms with van der Waals surface area (Å²) in [6.45, 7) is 9.76. The minimum Gasteiger partial charge on any atom is -0.374 e. The van der Waals surface area contributed by atoms with E-state index < -0.39 is 0 Å². The van der Waals surface area contributed by atoms with E-state index in [1.165, 1.54) is 0 Å². The van der Waals surface area contributed by atoms with Crippen LogP contribution in [0.1, 0.15) is 45.3 Å². The first-order valence-electron chi connectivity index (χ1n) is 7.77. The van der Waals surface area contributed by atoms with Gasteiger partial charge >= 0.3 is 0 Å². The SMILES string of the molecule is CCC(CC)n1ccc(CN2CC(CN)OCC2C)n1. The summed E-state index contributed by atoms with van der Waals surface area (Å²) >= 11 is 0. The van der Waals surface area contributed by atoms with Gasteiger partial charge in [0.15, 0.2) is 0 Å². The molecule has 1 fully saturated rings. The Morgan fingerprint density at radius 1 is 1.45 bits per heavy atom. The van der Waals surface area contributed by atoms with Crippen molar-refractivity contribution >= 4 is 0 Å². The smallest absolute Gasteiger partial charge is 0.0824 e. The van der Waals surface area contributed by atoms with E-state index in [0.29, 0.717) is 18.6 Å². The van der Waals surface area contributed by atoms with Crippen LogP contribution < -0.4 is 5.73 Å². The van der Waals surface area contributed by atoms with E-state index in [4.69, 9.17) is 15.6 Å². The molecule has 2 N–H and O–H groups in total. The summed E-state index contributed by atoms with van der Waals surface area (Å²) in [4.78, 5) is 2.42. The van der Waals surface area contributed by atoms with E-state index in [-0.39, 0.29) is 6.10 Å². The van der Waals surface area contributed by atoms with Crippen molar-refractivity contribution < 1.29 is 4.74 Å². The molecule has 0 spiro atoms. The summed E-state index contributed by atoms with van der Waals surface area (Å²) in [6.07, 6.45) is 4.52. The predicted molar refractivity (Wildman–Crippen MR) is 80.5 cm³/mol. The van der Waals surface area contributed by atoms with Gasteiger partial charge in [-0.2, -0.15) is 5.10 Å². The van der Waals surface area contributed by atoms with Crippen LogP contribution in [-0.4, -0.2) is 46.5 Å². The minimum atomic E-state index is 0.160. The highest BCUT2D eigenvalue weighted by atomic mass is 16.5. The molecule has 2 heterocycles. The maximum atomic E-state index is 5.71. The fourth-order valence-electron chi connectivity index (χ4n) is 2.77. The zero-order valence-electron chi connectivity index (χ0n) is 13.0. The molecule has 0 aliphatic carbocycles. The first-order chi connectivity index (χ1) is 9.67. The Kier molecular flexibility index (Phi) is 5.57. The van der Waals surface area contributed by atoms with E-state index in [1.807, 2.05) is 0 Å². The molecule has 114 valence electrons. The fourth-order valence-corrected chi connectivity index (χ4v) is 2.77. The lowest BCUT2D eigenvalue weighted by molar-refractivity contribution is -0.0571. The molecule has 0 amide bonds. The van der Waals surface area contributed by atoms with Crippen molar-refractivity contribution in [2.75, 3.05) is 19.7 Å². The zero-order chi connectivity index (χ0) is 14.5. The Balaban J connectivity index is 1.98. The van der Waals surface area contributed by atoms with Crippen molar-refractivity contribution in [2.45, 2.75) is 58.3 Å². The Morgan fingerprint density at radius 2 is 2.20 bits per heavy atom. The van der Waals surface area contributed by atoms with Gasteiger partial charge in [0.05, 0.1) is 24.4 Å². The van der Waals surface area contributed by atoms with Crippen molar-refractivity contribution in [3.63, 3.8) is 0 Å². The van der Waals surface area contributed by atoms with Gasteiger partial charge in [-0.05, 0) is 25.8 Å². The lowest BCUT2D eigenvalue weighted by Gasteiger charge is -2.37. The van der Waals surface area contributed by atoms with Crippen LogP contribution in [0.3, 0.4) is 0 Å². The molecule has 20 heavy (non-hydrogen) atoms. The average molecular weight is 280 g/mol. The number of hydrogen-bond acceptors (Lipinski definition) is 4. The second-order valence-corrected chi connectivity index (χ2v) is 5.73. The lowest BCUT2D eigenvalue weighted by atomic mass is 10.2. The van der Waals surface area contributed by atoms with Crippen LogP contribution in [0.25, 0.3) is 0 Å². The molecule has 2 atom stereocenters. The number of morpholine rings is 1. The normalized spacial score (nSPS) is 24.4. The van der Waals surface area contributed by atoms with Gasteiger partial charge < -0.3 is 10.5 Å². The van der Waals surface area contributed by atoms with Gasteiger partial charge in [0, 0.05) is 31.9 Å². The van der Waals surface area contributed by atoms with Gasteiger partial charge in [0.25, 0.3) is 0 Å². The summed E-state index contributed by atoms with van der Waals surface area (Å²) in [6, 6.07) is 3.08. The van der Waals surface area contributed by atoms with Gasteiger partial charge in [0.2, 0.25) is 0 Å². The van der Waals surface area contributed by atoms with Crippen molar-refractivity contribution in [2.24, 2.45) is 5.73 Å². The highest BCUT2D eigenvalue weighted by Crippen LogP contribution is 2.17. The largest absolute Gasteiger partial charge is 0.374 e. The summed E-state index contributed by atoms with van der Waals surface area (Å²) in [5, 5.41) is 4.73. The molecule has 2 rings (SSSR count). The number of nitrogens with zero attached hydrogens (tertiary/aromatic N) is 3. The third-order valence-electron chi connectivity index (χ3n) is 4.24. The Hall–Kier alpha value is -0.910. The molecule has 5 nitrogen and oxygen atoms in total. The molecular formula is C15H28N4O. The van der Waals surface area contributed by atoms with E-state index in [2.05, 4.69) is 42.6 Å². The van der Waals surface area contributed by atoms with Crippen molar-refractivity contribution in [1.29, 1.82) is 0 Å². The summed E-state index contributed by atoms with van der Waals surface area (Å²) in [5.74, 6) is 0. The maximum absolute atomic E-state index is 5.71. The quantitative estimate of drug-likeness (QED) is 0.863. The molecule has 5 heteroatoms. The molecule has 0 radical (unpaired) electrons. The van der Waals surface area contributed by atoms with Crippen LogP contribution in [0.15, 0.2) is 12.3 Å². The fraction of sp³-hybridized carbons (Fsp3) is 0.800. The number of hydrogen-bond donors (Lipinski definition) is 1. The molecule has 1 aliphatic rings. The lowest BCUT2D eigenvalue weighted by Crippen LogP contribution is -2.50. The Morgan fingerprint density at radius 3 is 2.85 bits per heavy atom. The number of aromatic nitrogens is 2. The van der Waals surface area contributed by atoms with Gasteiger partial charge in [-0.1, -0.05) is 13.8 Å².